The number of carbonyl (C=O) groups excluding carboxylic acids is 1. The lowest BCUT2D eigenvalue weighted by molar-refractivity contribution is -0.133. The summed E-state index contributed by atoms with van der Waals surface area (Å²) in [5.74, 6) is -0.0153. The van der Waals surface area contributed by atoms with Crippen molar-refractivity contribution in [2.45, 2.75) is 6.10 Å². The molecule has 3 nitrogen and oxygen atoms in total. The zero-order valence-electron chi connectivity index (χ0n) is 8.39. The molecule has 15 heavy (non-hydrogen) atoms. The third-order valence-corrected chi connectivity index (χ3v) is 3.17. The van der Waals surface area contributed by atoms with E-state index < -0.39 is 0 Å². The Kier molecular flexibility index (Phi) is 3.18. The standard InChI is InChI=1S/C11H13NO2S/c1-2-11(13)12-4-5-14-10(7-12)9-3-6-15-8-9/h2-3,6,8,10H,1,4-5,7H2. The Labute approximate surface area is 93.0 Å². The van der Waals surface area contributed by atoms with E-state index in [2.05, 4.69) is 12.0 Å². The van der Waals surface area contributed by atoms with Crippen molar-refractivity contribution in [1.82, 2.24) is 4.90 Å². The maximum absolute atomic E-state index is 11.4. The normalized spacial score (nSPS) is 21.3. The van der Waals surface area contributed by atoms with Gasteiger partial charge in [0.15, 0.2) is 0 Å². The van der Waals surface area contributed by atoms with Gasteiger partial charge in [-0.1, -0.05) is 6.58 Å². The summed E-state index contributed by atoms with van der Waals surface area (Å²) >= 11 is 1.65. The minimum Gasteiger partial charge on any atom is -0.370 e. The van der Waals surface area contributed by atoms with E-state index in [1.165, 1.54) is 6.08 Å². The molecule has 1 saturated heterocycles. The van der Waals surface area contributed by atoms with Crippen LogP contribution < -0.4 is 0 Å². The van der Waals surface area contributed by atoms with Gasteiger partial charge >= 0.3 is 0 Å². The predicted molar refractivity (Wildman–Crippen MR) is 59.8 cm³/mol. The first-order valence-corrected chi connectivity index (χ1v) is 5.80. The summed E-state index contributed by atoms with van der Waals surface area (Å²) in [6, 6.07) is 2.04. The predicted octanol–water partition coefficient (Wildman–Crippen LogP) is 1.83. The second-order valence-corrected chi connectivity index (χ2v) is 4.18. The average molecular weight is 223 g/mol. The van der Waals surface area contributed by atoms with E-state index in [0.29, 0.717) is 19.7 Å². The Morgan fingerprint density at radius 3 is 3.27 bits per heavy atom. The van der Waals surface area contributed by atoms with Gasteiger partial charge in [0.05, 0.1) is 13.2 Å². The summed E-state index contributed by atoms with van der Waals surface area (Å²) in [4.78, 5) is 13.2. The molecule has 1 aromatic rings. The van der Waals surface area contributed by atoms with Crippen molar-refractivity contribution in [1.29, 1.82) is 0 Å². The van der Waals surface area contributed by atoms with Crippen LogP contribution in [0.5, 0.6) is 0 Å². The quantitative estimate of drug-likeness (QED) is 0.716. The highest BCUT2D eigenvalue weighted by Crippen LogP contribution is 2.24. The smallest absolute Gasteiger partial charge is 0.246 e. The molecule has 0 radical (unpaired) electrons. The SMILES string of the molecule is C=CC(=O)N1CCOC(c2ccsc2)C1. The lowest BCUT2D eigenvalue weighted by atomic mass is 10.1. The Morgan fingerprint density at radius 2 is 2.60 bits per heavy atom. The fourth-order valence-electron chi connectivity index (χ4n) is 1.64. The lowest BCUT2D eigenvalue weighted by Crippen LogP contribution is -2.41. The Hall–Kier alpha value is -1.13. The number of rotatable bonds is 2. The highest BCUT2D eigenvalue weighted by molar-refractivity contribution is 7.07. The van der Waals surface area contributed by atoms with Gasteiger partial charge in [-0.25, -0.2) is 0 Å². The van der Waals surface area contributed by atoms with Gasteiger partial charge in [-0.05, 0) is 28.5 Å². The minimum absolute atomic E-state index is 0.0153. The van der Waals surface area contributed by atoms with Crippen LogP contribution in [0.3, 0.4) is 0 Å². The first kappa shape index (κ1) is 10.4. The van der Waals surface area contributed by atoms with Crippen molar-refractivity contribution in [3.63, 3.8) is 0 Å². The molecule has 4 heteroatoms. The van der Waals surface area contributed by atoms with E-state index >= 15 is 0 Å². The molecular weight excluding hydrogens is 210 g/mol. The zero-order valence-corrected chi connectivity index (χ0v) is 9.20. The van der Waals surface area contributed by atoms with Crippen LogP contribution in [-0.2, 0) is 9.53 Å². The molecule has 2 heterocycles. The molecule has 1 aromatic heterocycles. The molecule has 1 fully saturated rings. The van der Waals surface area contributed by atoms with Gasteiger partial charge in [-0.3, -0.25) is 4.79 Å². The lowest BCUT2D eigenvalue weighted by Gasteiger charge is -2.32. The highest BCUT2D eigenvalue weighted by Gasteiger charge is 2.23. The molecule has 1 atom stereocenters. The van der Waals surface area contributed by atoms with Crippen LogP contribution >= 0.6 is 11.3 Å². The Morgan fingerprint density at radius 1 is 1.73 bits per heavy atom. The van der Waals surface area contributed by atoms with Gasteiger partial charge in [0, 0.05) is 6.54 Å². The van der Waals surface area contributed by atoms with Crippen molar-refractivity contribution in [3.05, 3.63) is 35.0 Å². The number of carbonyl (C=O) groups is 1. The van der Waals surface area contributed by atoms with Gasteiger partial charge in [0.1, 0.15) is 6.10 Å². The second-order valence-electron chi connectivity index (χ2n) is 3.40. The molecule has 80 valence electrons. The summed E-state index contributed by atoms with van der Waals surface area (Å²) < 4.78 is 5.63. The van der Waals surface area contributed by atoms with E-state index in [0.717, 1.165) is 5.56 Å². The number of thiophene rings is 1. The largest absolute Gasteiger partial charge is 0.370 e. The van der Waals surface area contributed by atoms with Crippen LogP contribution in [-0.4, -0.2) is 30.5 Å². The number of hydrogen-bond donors (Lipinski definition) is 0. The molecule has 0 N–H and O–H groups in total. The number of nitrogens with zero attached hydrogens (tertiary/aromatic N) is 1. The van der Waals surface area contributed by atoms with Crippen LogP contribution in [0.2, 0.25) is 0 Å². The van der Waals surface area contributed by atoms with E-state index in [1.807, 2.05) is 11.4 Å². The molecular formula is C11H13NO2S. The van der Waals surface area contributed by atoms with Crippen LogP contribution in [0.15, 0.2) is 29.5 Å². The third-order valence-electron chi connectivity index (χ3n) is 2.47. The average Bonchev–Trinajstić information content (AvgIpc) is 2.82. The molecule has 0 spiro atoms. The van der Waals surface area contributed by atoms with Crippen molar-refractivity contribution >= 4 is 17.2 Å². The zero-order chi connectivity index (χ0) is 10.7. The fourth-order valence-corrected chi connectivity index (χ4v) is 2.34. The number of hydrogen-bond acceptors (Lipinski definition) is 3. The molecule has 0 saturated carbocycles. The van der Waals surface area contributed by atoms with Crippen LogP contribution in [0.1, 0.15) is 11.7 Å². The minimum atomic E-state index is -0.0153. The highest BCUT2D eigenvalue weighted by atomic mass is 32.1. The van der Waals surface area contributed by atoms with Gasteiger partial charge < -0.3 is 9.64 Å². The number of amides is 1. The number of morpholine rings is 1. The Bertz CT molecular complexity index is 347. The van der Waals surface area contributed by atoms with E-state index in [4.69, 9.17) is 4.74 Å². The van der Waals surface area contributed by atoms with Gasteiger partial charge in [0.25, 0.3) is 0 Å². The first-order valence-electron chi connectivity index (χ1n) is 4.86. The first-order chi connectivity index (χ1) is 7.31. The molecule has 0 aliphatic carbocycles. The molecule has 1 aliphatic heterocycles. The summed E-state index contributed by atoms with van der Waals surface area (Å²) in [7, 11) is 0. The van der Waals surface area contributed by atoms with Crippen molar-refractivity contribution in [2.24, 2.45) is 0 Å². The van der Waals surface area contributed by atoms with Crippen molar-refractivity contribution in [3.8, 4) is 0 Å². The van der Waals surface area contributed by atoms with Gasteiger partial charge in [0.2, 0.25) is 5.91 Å². The van der Waals surface area contributed by atoms with E-state index in [-0.39, 0.29) is 12.0 Å². The van der Waals surface area contributed by atoms with Gasteiger partial charge in [-0.15, -0.1) is 0 Å². The fraction of sp³-hybridized carbons (Fsp3) is 0.364. The van der Waals surface area contributed by atoms with Gasteiger partial charge in [-0.2, -0.15) is 11.3 Å². The molecule has 1 amide bonds. The monoisotopic (exact) mass is 223 g/mol. The van der Waals surface area contributed by atoms with E-state index in [9.17, 15) is 4.79 Å². The third kappa shape index (κ3) is 2.27. The van der Waals surface area contributed by atoms with E-state index in [1.54, 1.807) is 16.2 Å². The molecule has 1 aliphatic rings. The van der Waals surface area contributed by atoms with Crippen LogP contribution in [0.4, 0.5) is 0 Å². The van der Waals surface area contributed by atoms with Crippen LogP contribution in [0, 0.1) is 0 Å². The summed E-state index contributed by atoms with van der Waals surface area (Å²) in [6.45, 7) is 5.38. The molecule has 0 bridgehead atoms. The number of ether oxygens (including phenoxy) is 1. The maximum atomic E-state index is 11.4. The second kappa shape index (κ2) is 4.59. The van der Waals surface area contributed by atoms with Crippen molar-refractivity contribution in [2.75, 3.05) is 19.7 Å². The molecule has 2 rings (SSSR count). The molecule has 0 aromatic carbocycles. The summed E-state index contributed by atoms with van der Waals surface area (Å²) in [6.07, 6.45) is 1.38. The summed E-state index contributed by atoms with van der Waals surface area (Å²) in [5, 5.41) is 4.08. The van der Waals surface area contributed by atoms with Crippen molar-refractivity contribution < 1.29 is 9.53 Å². The summed E-state index contributed by atoms with van der Waals surface area (Å²) in [5.41, 5.74) is 1.15. The topological polar surface area (TPSA) is 29.5 Å². The Balaban J connectivity index is 2.04. The molecule has 1 unspecified atom stereocenters. The maximum Gasteiger partial charge on any atom is 0.246 e. The van der Waals surface area contributed by atoms with Crippen LogP contribution in [0.25, 0.3) is 0 Å².